The van der Waals surface area contributed by atoms with E-state index in [4.69, 9.17) is 27.5 Å². The van der Waals surface area contributed by atoms with Crippen molar-refractivity contribution >= 4 is 33.4 Å². The summed E-state index contributed by atoms with van der Waals surface area (Å²) >= 11 is 9.40. The number of nitrogen functional groups attached to an aromatic ring is 1. The summed E-state index contributed by atoms with van der Waals surface area (Å²) in [5, 5.41) is 7.88. The highest BCUT2D eigenvalue weighted by Crippen LogP contribution is 2.28. The van der Waals surface area contributed by atoms with E-state index in [9.17, 15) is 0 Å². The average molecular weight is 340 g/mol. The minimum Gasteiger partial charge on any atom is -0.487 e. The van der Waals surface area contributed by atoms with E-state index >= 15 is 0 Å². The molecule has 0 spiro atoms. The molecule has 5 heteroatoms. The molecule has 0 fully saturated rings. The second kappa shape index (κ2) is 6.08. The Labute approximate surface area is 125 Å². The zero-order chi connectivity index (χ0) is 13.8. The molecule has 0 bridgehead atoms. The molecule has 0 aromatic heterocycles. The van der Waals surface area contributed by atoms with E-state index in [-0.39, 0.29) is 5.84 Å². The Morgan fingerprint density at radius 2 is 1.89 bits per heavy atom. The highest BCUT2D eigenvalue weighted by atomic mass is 79.9. The molecule has 0 atom stereocenters. The highest BCUT2D eigenvalue weighted by Gasteiger charge is 2.03. The van der Waals surface area contributed by atoms with Crippen molar-refractivity contribution < 1.29 is 4.74 Å². The summed E-state index contributed by atoms with van der Waals surface area (Å²) in [6, 6.07) is 12.8. The largest absolute Gasteiger partial charge is 0.487 e. The van der Waals surface area contributed by atoms with Gasteiger partial charge in [-0.1, -0.05) is 51.8 Å². The second-order valence-electron chi connectivity index (χ2n) is 3.97. The topological polar surface area (TPSA) is 59.1 Å². The van der Waals surface area contributed by atoms with Gasteiger partial charge in [-0.3, -0.25) is 5.41 Å². The number of nitrogens with one attached hydrogen (secondary N) is 1. The molecule has 2 aromatic carbocycles. The Hall–Kier alpha value is -1.52. The molecule has 0 saturated heterocycles. The number of hydrogen-bond donors (Lipinski definition) is 2. The minimum atomic E-state index is 0.0587. The maximum absolute atomic E-state index is 7.32. The monoisotopic (exact) mass is 338 g/mol. The third-order valence-electron chi connectivity index (χ3n) is 2.55. The SMILES string of the molecule is N=C(N)c1ccc(COc2ccc(Br)cc2Cl)cc1. The molecule has 0 aliphatic rings. The van der Waals surface area contributed by atoms with Crippen molar-refractivity contribution in [3.05, 3.63) is 63.1 Å². The molecule has 0 heterocycles. The number of amidine groups is 1. The molecule has 0 amide bonds. The van der Waals surface area contributed by atoms with Gasteiger partial charge in [0.2, 0.25) is 0 Å². The Morgan fingerprint density at radius 1 is 1.21 bits per heavy atom. The Kier molecular flexibility index (Phi) is 4.45. The first-order valence-corrected chi connectivity index (χ1v) is 6.74. The first-order valence-electron chi connectivity index (χ1n) is 5.57. The predicted molar refractivity (Wildman–Crippen MR) is 80.9 cm³/mol. The van der Waals surface area contributed by atoms with Crippen molar-refractivity contribution in [1.29, 1.82) is 5.41 Å². The highest BCUT2D eigenvalue weighted by molar-refractivity contribution is 9.10. The van der Waals surface area contributed by atoms with E-state index in [2.05, 4.69) is 15.9 Å². The maximum atomic E-state index is 7.32. The normalized spacial score (nSPS) is 10.2. The summed E-state index contributed by atoms with van der Waals surface area (Å²) in [7, 11) is 0. The number of benzene rings is 2. The molecule has 19 heavy (non-hydrogen) atoms. The molecule has 3 N–H and O–H groups in total. The first-order chi connectivity index (χ1) is 9.06. The fourth-order valence-electron chi connectivity index (χ4n) is 1.53. The second-order valence-corrected chi connectivity index (χ2v) is 5.30. The predicted octanol–water partition coefficient (Wildman–Crippen LogP) is 3.97. The van der Waals surface area contributed by atoms with Gasteiger partial charge < -0.3 is 10.5 Å². The van der Waals surface area contributed by atoms with Crippen LogP contribution < -0.4 is 10.5 Å². The van der Waals surface area contributed by atoms with Gasteiger partial charge in [-0.15, -0.1) is 0 Å². The van der Waals surface area contributed by atoms with Crippen LogP contribution in [0, 0.1) is 5.41 Å². The minimum absolute atomic E-state index is 0.0587. The van der Waals surface area contributed by atoms with Crippen molar-refractivity contribution in [2.75, 3.05) is 0 Å². The fourth-order valence-corrected chi connectivity index (χ4v) is 2.26. The van der Waals surface area contributed by atoms with E-state index in [0.717, 1.165) is 10.0 Å². The van der Waals surface area contributed by atoms with E-state index in [1.807, 2.05) is 24.3 Å². The van der Waals surface area contributed by atoms with Gasteiger partial charge in [-0.2, -0.15) is 0 Å². The summed E-state index contributed by atoms with van der Waals surface area (Å²) in [6.07, 6.45) is 0. The molecule has 98 valence electrons. The van der Waals surface area contributed by atoms with Gasteiger partial charge >= 0.3 is 0 Å². The van der Waals surface area contributed by atoms with Crippen molar-refractivity contribution in [2.24, 2.45) is 5.73 Å². The van der Waals surface area contributed by atoms with Crippen LogP contribution in [0.25, 0.3) is 0 Å². The summed E-state index contributed by atoms with van der Waals surface area (Å²) < 4.78 is 6.55. The van der Waals surface area contributed by atoms with Gasteiger partial charge in [-0.25, -0.2) is 0 Å². The fraction of sp³-hybridized carbons (Fsp3) is 0.0714. The van der Waals surface area contributed by atoms with Crippen LogP contribution in [0.4, 0.5) is 0 Å². The summed E-state index contributed by atoms with van der Waals surface area (Å²) in [5.74, 6) is 0.698. The van der Waals surface area contributed by atoms with Gasteiger partial charge in [0.15, 0.2) is 0 Å². The zero-order valence-corrected chi connectivity index (χ0v) is 12.3. The lowest BCUT2D eigenvalue weighted by molar-refractivity contribution is 0.306. The summed E-state index contributed by atoms with van der Waals surface area (Å²) in [6.45, 7) is 0.416. The lowest BCUT2D eigenvalue weighted by Crippen LogP contribution is -2.10. The van der Waals surface area contributed by atoms with Crippen LogP contribution in [0.3, 0.4) is 0 Å². The number of ether oxygens (including phenoxy) is 1. The number of nitrogens with two attached hydrogens (primary N) is 1. The van der Waals surface area contributed by atoms with Crippen LogP contribution >= 0.6 is 27.5 Å². The lowest BCUT2D eigenvalue weighted by Gasteiger charge is -2.08. The van der Waals surface area contributed by atoms with Gasteiger partial charge in [0.05, 0.1) is 5.02 Å². The summed E-state index contributed by atoms with van der Waals surface area (Å²) in [4.78, 5) is 0. The third-order valence-corrected chi connectivity index (χ3v) is 3.34. The molecular weight excluding hydrogens is 328 g/mol. The van der Waals surface area contributed by atoms with Crippen LogP contribution in [0.5, 0.6) is 5.75 Å². The molecule has 0 radical (unpaired) electrons. The average Bonchev–Trinajstić information content (AvgIpc) is 2.38. The molecule has 2 aromatic rings. The van der Waals surface area contributed by atoms with Crippen molar-refractivity contribution in [1.82, 2.24) is 0 Å². The van der Waals surface area contributed by atoms with Crippen molar-refractivity contribution in [3.63, 3.8) is 0 Å². The molecule has 2 rings (SSSR count). The van der Waals surface area contributed by atoms with E-state index < -0.39 is 0 Å². The quantitative estimate of drug-likeness (QED) is 0.654. The van der Waals surface area contributed by atoms with Crippen LogP contribution in [-0.4, -0.2) is 5.84 Å². The van der Waals surface area contributed by atoms with E-state index in [0.29, 0.717) is 22.9 Å². The van der Waals surface area contributed by atoms with Gasteiger partial charge in [0.25, 0.3) is 0 Å². The number of rotatable bonds is 4. The molecular formula is C14H12BrClN2O. The van der Waals surface area contributed by atoms with Crippen LogP contribution in [0.2, 0.25) is 5.02 Å². The lowest BCUT2D eigenvalue weighted by atomic mass is 10.1. The molecule has 0 aliphatic carbocycles. The first kappa shape index (κ1) is 13.9. The smallest absolute Gasteiger partial charge is 0.138 e. The van der Waals surface area contributed by atoms with Gasteiger partial charge in [0, 0.05) is 10.0 Å². The Bertz CT molecular complexity index is 599. The van der Waals surface area contributed by atoms with Gasteiger partial charge in [0.1, 0.15) is 18.2 Å². The van der Waals surface area contributed by atoms with Gasteiger partial charge in [-0.05, 0) is 23.8 Å². The van der Waals surface area contributed by atoms with E-state index in [1.54, 1.807) is 18.2 Å². The zero-order valence-electron chi connectivity index (χ0n) is 9.99. The Morgan fingerprint density at radius 3 is 2.47 bits per heavy atom. The number of halogens is 2. The van der Waals surface area contributed by atoms with Crippen LogP contribution in [0.15, 0.2) is 46.9 Å². The van der Waals surface area contributed by atoms with Crippen LogP contribution in [-0.2, 0) is 6.61 Å². The molecule has 0 saturated carbocycles. The third kappa shape index (κ3) is 3.72. The molecule has 3 nitrogen and oxygen atoms in total. The standard InChI is InChI=1S/C14H12BrClN2O/c15-11-5-6-13(12(16)7-11)19-8-9-1-3-10(4-2-9)14(17)18/h1-7H,8H2,(H3,17,18). The summed E-state index contributed by atoms with van der Waals surface area (Å²) in [5.41, 5.74) is 7.08. The van der Waals surface area contributed by atoms with Crippen LogP contribution in [0.1, 0.15) is 11.1 Å². The Balaban J connectivity index is 2.04. The maximum Gasteiger partial charge on any atom is 0.138 e. The molecule has 0 unspecified atom stereocenters. The van der Waals surface area contributed by atoms with E-state index in [1.165, 1.54) is 0 Å². The van der Waals surface area contributed by atoms with Crippen molar-refractivity contribution in [3.8, 4) is 5.75 Å². The molecule has 0 aliphatic heterocycles. The van der Waals surface area contributed by atoms with Crippen molar-refractivity contribution in [2.45, 2.75) is 6.61 Å². The number of hydrogen-bond acceptors (Lipinski definition) is 2.